The molecule has 1 saturated heterocycles. The number of hydrogen-bond donors (Lipinski definition) is 1. The van der Waals surface area contributed by atoms with Crippen LogP contribution in [0, 0.1) is 12.8 Å². The molecular weight excluding hydrogens is 580 g/mol. The van der Waals surface area contributed by atoms with Crippen molar-refractivity contribution in [2.45, 2.75) is 45.2 Å². The molecule has 1 saturated carbocycles. The van der Waals surface area contributed by atoms with Crippen LogP contribution in [-0.4, -0.2) is 58.4 Å². The van der Waals surface area contributed by atoms with E-state index in [9.17, 15) is 4.79 Å². The molecule has 236 valence electrons. The molecule has 10 heteroatoms. The van der Waals surface area contributed by atoms with E-state index < -0.39 is 0 Å². The molecule has 3 heterocycles. The number of methoxy groups -OCH3 is 1. The van der Waals surface area contributed by atoms with Crippen LogP contribution >= 0.6 is 0 Å². The molecule has 3 aromatic carbocycles. The van der Waals surface area contributed by atoms with Crippen LogP contribution in [0.1, 0.15) is 47.2 Å². The zero-order valence-electron chi connectivity index (χ0n) is 26.2. The lowest BCUT2D eigenvalue weighted by atomic mass is 9.99. The zero-order chi connectivity index (χ0) is 31.5. The number of anilines is 1. The quantitative estimate of drug-likeness (QED) is 0.186. The molecule has 2 aromatic heterocycles. The Balaban J connectivity index is 1.31. The number of aromatic nitrogens is 4. The van der Waals surface area contributed by atoms with Crippen LogP contribution in [0.2, 0.25) is 0 Å². The summed E-state index contributed by atoms with van der Waals surface area (Å²) in [5.41, 5.74) is 5.06. The van der Waals surface area contributed by atoms with Crippen LogP contribution in [0.15, 0.2) is 79.0 Å². The van der Waals surface area contributed by atoms with Crippen LogP contribution in [0.3, 0.4) is 0 Å². The Morgan fingerprint density at radius 1 is 0.978 bits per heavy atom. The second kappa shape index (κ2) is 13.2. The molecule has 1 aliphatic heterocycles. The van der Waals surface area contributed by atoms with Gasteiger partial charge in [0, 0.05) is 43.5 Å². The van der Waals surface area contributed by atoms with Crippen LogP contribution in [-0.2, 0) is 11.3 Å². The minimum Gasteiger partial charge on any atom is -0.497 e. The summed E-state index contributed by atoms with van der Waals surface area (Å²) in [7, 11) is 1.67. The van der Waals surface area contributed by atoms with Gasteiger partial charge in [0.1, 0.15) is 11.5 Å². The molecule has 7 rings (SSSR count). The van der Waals surface area contributed by atoms with Crippen LogP contribution in [0.4, 0.5) is 5.95 Å². The van der Waals surface area contributed by atoms with Gasteiger partial charge in [0.05, 0.1) is 13.3 Å². The van der Waals surface area contributed by atoms with Gasteiger partial charge in [-0.25, -0.2) is 0 Å². The van der Waals surface area contributed by atoms with E-state index >= 15 is 0 Å². The Bertz CT molecular complexity index is 1810. The van der Waals surface area contributed by atoms with Crippen molar-refractivity contribution in [2.24, 2.45) is 5.92 Å². The molecule has 46 heavy (non-hydrogen) atoms. The molecule has 0 spiro atoms. The predicted octanol–water partition coefficient (Wildman–Crippen LogP) is 6.23. The summed E-state index contributed by atoms with van der Waals surface area (Å²) in [6, 6.07) is 24.1. The van der Waals surface area contributed by atoms with Crippen molar-refractivity contribution in [3.63, 3.8) is 0 Å². The molecule has 2 aliphatic rings. The Morgan fingerprint density at radius 3 is 2.48 bits per heavy atom. The highest BCUT2D eigenvalue weighted by molar-refractivity contribution is 5.97. The minimum atomic E-state index is -0.0307. The normalized spacial score (nSPS) is 15.1. The first-order valence-corrected chi connectivity index (χ1v) is 15.9. The third-order valence-corrected chi connectivity index (χ3v) is 8.61. The van der Waals surface area contributed by atoms with E-state index in [0.29, 0.717) is 41.4 Å². The van der Waals surface area contributed by atoms with Crippen molar-refractivity contribution >= 4 is 17.5 Å². The molecule has 10 nitrogen and oxygen atoms in total. The van der Waals surface area contributed by atoms with Gasteiger partial charge in [0.2, 0.25) is 5.95 Å². The fourth-order valence-corrected chi connectivity index (χ4v) is 5.88. The fourth-order valence-electron chi connectivity index (χ4n) is 5.88. The number of carbonyl (C=O) groups is 1. The molecule has 0 radical (unpaired) electrons. The highest BCUT2D eigenvalue weighted by atomic mass is 16.5. The number of benzene rings is 3. The van der Waals surface area contributed by atoms with Crippen molar-refractivity contribution in [1.82, 2.24) is 24.9 Å². The zero-order valence-corrected chi connectivity index (χ0v) is 26.2. The lowest BCUT2D eigenvalue weighted by Gasteiger charge is -2.30. The monoisotopic (exact) mass is 618 g/mol. The molecular formula is C36H38N6O4. The van der Waals surface area contributed by atoms with E-state index in [1.165, 1.54) is 0 Å². The van der Waals surface area contributed by atoms with Crippen molar-refractivity contribution in [3.8, 4) is 28.6 Å². The minimum absolute atomic E-state index is 0.0307. The van der Waals surface area contributed by atoms with Crippen molar-refractivity contribution in [2.75, 3.05) is 31.8 Å². The van der Waals surface area contributed by atoms with E-state index in [0.717, 1.165) is 73.4 Å². The fraction of sp³-hybridized carbons (Fsp3) is 0.333. The summed E-state index contributed by atoms with van der Waals surface area (Å²) in [5, 5.41) is 7.92. The van der Waals surface area contributed by atoms with Gasteiger partial charge in [-0.3, -0.25) is 4.79 Å². The smallest absolute Gasteiger partial charge is 0.327 e. The Hall–Kier alpha value is -4.96. The standard InChI is InChI=1S/C36H38N6O4/c1-24-20-27(10-15-31(24)34(43)38-28-11-12-28)32-21-37-42-33(32)39-35(46-30-6-4-3-5-7-30)40-36(42)41(23-26-16-18-45-19-17-26)22-25-8-13-29(44-2)14-9-25/h3-10,13-15,20-21,26,28H,11-12,16-19,22-23H2,1-2H3,(H,38,43). The predicted molar refractivity (Wildman–Crippen MR) is 176 cm³/mol. The number of aryl methyl sites for hydroxylation is 1. The number of carbonyl (C=O) groups excluding carboxylic acids is 1. The van der Waals surface area contributed by atoms with E-state index in [2.05, 4.69) is 22.3 Å². The van der Waals surface area contributed by atoms with Crippen LogP contribution < -0.4 is 19.7 Å². The van der Waals surface area contributed by atoms with Gasteiger partial charge in [-0.1, -0.05) is 42.5 Å². The second-order valence-electron chi connectivity index (χ2n) is 12.1. The van der Waals surface area contributed by atoms with Crippen molar-refractivity contribution in [1.29, 1.82) is 0 Å². The summed E-state index contributed by atoms with van der Waals surface area (Å²) in [6.45, 7) is 4.85. The van der Waals surface area contributed by atoms with E-state index in [4.69, 9.17) is 29.3 Å². The average Bonchev–Trinajstić information content (AvgIpc) is 3.80. The highest BCUT2D eigenvalue weighted by Crippen LogP contribution is 2.32. The average molecular weight is 619 g/mol. The highest BCUT2D eigenvalue weighted by Gasteiger charge is 2.26. The molecule has 1 amide bonds. The van der Waals surface area contributed by atoms with Gasteiger partial charge < -0.3 is 24.4 Å². The van der Waals surface area contributed by atoms with Gasteiger partial charge in [0.15, 0.2) is 5.65 Å². The number of rotatable bonds is 11. The maximum Gasteiger partial charge on any atom is 0.327 e. The first kappa shape index (κ1) is 29.7. The Morgan fingerprint density at radius 2 is 1.76 bits per heavy atom. The van der Waals surface area contributed by atoms with E-state index in [1.54, 1.807) is 11.6 Å². The Kier molecular flexibility index (Phi) is 8.52. The number of para-hydroxylation sites is 1. The van der Waals surface area contributed by atoms with Crippen LogP contribution in [0.25, 0.3) is 16.8 Å². The van der Waals surface area contributed by atoms with Gasteiger partial charge in [-0.15, -0.1) is 0 Å². The van der Waals surface area contributed by atoms with Crippen LogP contribution in [0.5, 0.6) is 17.5 Å². The van der Waals surface area contributed by atoms with Gasteiger partial charge in [0.25, 0.3) is 5.91 Å². The van der Waals surface area contributed by atoms with Gasteiger partial charge in [-0.2, -0.15) is 19.6 Å². The van der Waals surface area contributed by atoms with Crippen molar-refractivity contribution in [3.05, 3.63) is 95.7 Å². The lowest BCUT2D eigenvalue weighted by molar-refractivity contribution is 0.0680. The maximum absolute atomic E-state index is 12.8. The van der Waals surface area contributed by atoms with Crippen molar-refractivity contribution < 1.29 is 19.0 Å². The van der Waals surface area contributed by atoms with Gasteiger partial charge >= 0.3 is 6.01 Å². The Labute approximate surface area is 268 Å². The topological polar surface area (TPSA) is 103 Å². The molecule has 0 unspecified atom stereocenters. The number of ether oxygens (including phenoxy) is 3. The first-order valence-electron chi connectivity index (χ1n) is 15.9. The molecule has 5 aromatic rings. The molecule has 1 aliphatic carbocycles. The third kappa shape index (κ3) is 6.67. The largest absolute Gasteiger partial charge is 0.497 e. The number of nitrogens with zero attached hydrogens (tertiary/aromatic N) is 5. The molecule has 2 fully saturated rings. The number of nitrogens with one attached hydrogen (secondary N) is 1. The molecule has 0 bridgehead atoms. The maximum atomic E-state index is 12.8. The first-order chi connectivity index (χ1) is 22.5. The summed E-state index contributed by atoms with van der Waals surface area (Å²) in [4.78, 5) is 24.9. The van der Waals surface area contributed by atoms with E-state index in [1.807, 2.05) is 73.8 Å². The third-order valence-electron chi connectivity index (χ3n) is 8.61. The summed E-state index contributed by atoms with van der Waals surface area (Å²) < 4.78 is 19.1. The molecule has 0 atom stereocenters. The van der Waals surface area contributed by atoms with Gasteiger partial charge in [-0.05, 0) is 85.5 Å². The molecule has 1 N–H and O–H groups in total. The number of amides is 1. The lowest BCUT2D eigenvalue weighted by Crippen LogP contribution is -2.34. The number of hydrogen-bond acceptors (Lipinski definition) is 8. The van der Waals surface area contributed by atoms with E-state index in [-0.39, 0.29) is 11.9 Å². The summed E-state index contributed by atoms with van der Waals surface area (Å²) in [5.74, 6) is 2.50. The second-order valence-corrected chi connectivity index (χ2v) is 12.1. The number of fused-ring (bicyclic) bond motifs is 1. The summed E-state index contributed by atoms with van der Waals surface area (Å²) >= 11 is 0. The SMILES string of the molecule is COc1ccc(CN(CC2CCOCC2)c2nc(Oc3ccccc3)nc3c(-c4ccc(C(=O)NC5CC5)c(C)c4)cnn23)cc1. The summed E-state index contributed by atoms with van der Waals surface area (Å²) in [6.07, 6.45) is 5.87.